The van der Waals surface area contributed by atoms with Crippen molar-refractivity contribution >= 4 is 0 Å². The van der Waals surface area contributed by atoms with Gasteiger partial charge in [-0.15, -0.1) is 0 Å². The quantitative estimate of drug-likeness (QED) is 0.244. The van der Waals surface area contributed by atoms with E-state index in [1.807, 2.05) is 6.07 Å². The van der Waals surface area contributed by atoms with Gasteiger partial charge < -0.3 is 4.74 Å². The molecule has 0 saturated heterocycles. The van der Waals surface area contributed by atoms with Crippen LogP contribution in [-0.4, -0.2) is 6.61 Å². The van der Waals surface area contributed by atoms with Crippen molar-refractivity contribution in [1.82, 2.24) is 0 Å². The Balaban J connectivity index is 1.44. The summed E-state index contributed by atoms with van der Waals surface area (Å²) in [5.74, 6) is 2.08. The van der Waals surface area contributed by atoms with E-state index < -0.39 is 0 Å². The minimum Gasteiger partial charge on any atom is -0.494 e. The van der Waals surface area contributed by atoms with Crippen LogP contribution in [-0.2, 0) is 6.42 Å². The Morgan fingerprint density at radius 2 is 1.50 bits per heavy atom. The van der Waals surface area contributed by atoms with Crippen molar-refractivity contribution < 1.29 is 4.74 Å². The number of hydrogen-bond acceptors (Lipinski definition) is 1. The van der Waals surface area contributed by atoms with Gasteiger partial charge in [0.2, 0.25) is 0 Å². The fourth-order valence-corrected chi connectivity index (χ4v) is 4.57. The normalized spacial score (nSPS) is 14.6. The number of ether oxygens (including phenoxy) is 1. The Bertz CT molecular complexity index is 475. The summed E-state index contributed by atoms with van der Waals surface area (Å²) in [5, 5.41) is 0. The lowest BCUT2D eigenvalue weighted by atomic mass is 9.99. The summed E-state index contributed by atoms with van der Waals surface area (Å²) in [4.78, 5) is 0. The Kier molecular flexibility index (Phi) is 13.2. The summed E-state index contributed by atoms with van der Waals surface area (Å²) in [6, 6.07) is 9.63. The molecule has 2 rings (SSSR count). The predicted molar refractivity (Wildman–Crippen MR) is 122 cm³/mol. The molecule has 1 aromatic rings. The molecule has 1 aliphatic carbocycles. The van der Waals surface area contributed by atoms with E-state index in [0.717, 1.165) is 18.3 Å². The first-order valence-electron chi connectivity index (χ1n) is 12.5. The molecule has 159 valence electrons. The van der Waals surface area contributed by atoms with Gasteiger partial charge in [0, 0.05) is 0 Å². The topological polar surface area (TPSA) is 9.23 Å². The molecule has 1 aromatic carbocycles. The average Bonchev–Trinajstić information content (AvgIpc) is 3.23. The molecule has 1 fully saturated rings. The summed E-state index contributed by atoms with van der Waals surface area (Å²) in [7, 11) is 0. The molecule has 0 N–H and O–H groups in total. The van der Waals surface area contributed by atoms with Crippen LogP contribution in [0.25, 0.3) is 0 Å². The second-order valence-electron chi connectivity index (χ2n) is 9.00. The smallest absolute Gasteiger partial charge is 0.120 e. The van der Waals surface area contributed by atoms with Crippen molar-refractivity contribution in [2.45, 2.75) is 122 Å². The molecule has 1 nitrogen and oxygen atoms in total. The zero-order chi connectivity index (χ0) is 19.7. The largest absolute Gasteiger partial charge is 0.494 e. The van der Waals surface area contributed by atoms with Gasteiger partial charge in [0.25, 0.3) is 0 Å². The number of aryl methyl sites for hydroxylation is 1. The van der Waals surface area contributed by atoms with E-state index in [0.29, 0.717) is 0 Å². The molecule has 1 heteroatoms. The summed E-state index contributed by atoms with van der Waals surface area (Å²) in [6.07, 6.45) is 25.0. The molecule has 0 amide bonds. The Morgan fingerprint density at radius 1 is 0.821 bits per heavy atom. The zero-order valence-electron chi connectivity index (χ0n) is 18.7. The van der Waals surface area contributed by atoms with Crippen molar-refractivity contribution in [3.8, 4) is 5.75 Å². The van der Waals surface area contributed by atoms with E-state index in [1.54, 1.807) is 0 Å². The Morgan fingerprint density at radius 3 is 2.29 bits per heavy atom. The fraction of sp³-hybridized carbons (Fsp3) is 0.778. The zero-order valence-corrected chi connectivity index (χ0v) is 18.7. The summed E-state index contributed by atoms with van der Waals surface area (Å²) in [5.41, 5.74) is 1.39. The van der Waals surface area contributed by atoms with Gasteiger partial charge in [0.05, 0.1) is 6.61 Å². The molecule has 0 aromatic heterocycles. The second-order valence-corrected chi connectivity index (χ2v) is 9.00. The third-order valence-electron chi connectivity index (χ3n) is 6.39. The summed E-state index contributed by atoms with van der Waals surface area (Å²) < 4.78 is 5.98. The van der Waals surface area contributed by atoms with E-state index in [1.165, 1.54) is 121 Å². The Labute approximate surface area is 175 Å². The maximum absolute atomic E-state index is 5.98. The molecule has 0 atom stereocenters. The average molecular weight is 386 g/mol. The van der Waals surface area contributed by atoms with Crippen molar-refractivity contribution in [2.75, 3.05) is 6.61 Å². The van der Waals surface area contributed by atoms with Crippen LogP contribution in [0.2, 0.25) is 0 Å². The highest BCUT2D eigenvalue weighted by molar-refractivity contribution is 5.27. The lowest BCUT2D eigenvalue weighted by molar-refractivity contribution is 0.303. The van der Waals surface area contributed by atoms with Gasteiger partial charge in [-0.2, -0.15) is 0 Å². The van der Waals surface area contributed by atoms with E-state index in [-0.39, 0.29) is 0 Å². The molecule has 1 aliphatic rings. The van der Waals surface area contributed by atoms with Crippen LogP contribution in [0.1, 0.15) is 122 Å². The highest BCUT2D eigenvalue weighted by atomic mass is 16.5. The van der Waals surface area contributed by atoms with E-state index in [2.05, 4.69) is 25.1 Å². The van der Waals surface area contributed by atoms with Crippen LogP contribution in [0.4, 0.5) is 0 Å². The fourth-order valence-electron chi connectivity index (χ4n) is 4.57. The van der Waals surface area contributed by atoms with Gasteiger partial charge in [-0.3, -0.25) is 0 Å². The molecule has 0 bridgehead atoms. The molecule has 28 heavy (non-hydrogen) atoms. The monoisotopic (exact) mass is 385 g/mol. The summed E-state index contributed by atoms with van der Waals surface area (Å²) in [6.45, 7) is 3.14. The summed E-state index contributed by atoms with van der Waals surface area (Å²) >= 11 is 0. The van der Waals surface area contributed by atoms with Gasteiger partial charge in [0.15, 0.2) is 0 Å². The van der Waals surface area contributed by atoms with Gasteiger partial charge >= 0.3 is 0 Å². The number of rotatable bonds is 17. The Hall–Kier alpha value is -0.980. The van der Waals surface area contributed by atoms with Gasteiger partial charge in [-0.25, -0.2) is 0 Å². The maximum atomic E-state index is 5.98. The minimum absolute atomic E-state index is 0.858. The number of unbranched alkanes of at least 4 members (excludes halogenated alkanes) is 10. The lowest BCUT2D eigenvalue weighted by Gasteiger charge is -2.09. The molecular weight excluding hydrogens is 340 g/mol. The van der Waals surface area contributed by atoms with E-state index in [4.69, 9.17) is 4.74 Å². The van der Waals surface area contributed by atoms with Crippen molar-refractivity contribution in [1.29, 1.82) is 0 Å². The molecular formula is C27H45O. The van der Waals surface area contributed by atoms with Crippen molar-refractivity contribution in [3.05, 3.63) is 29.8 Å². The molecule has 1 saturated carbocycles. The van der Waals surface area contributed by atoms with Crippen molar-refractivity contribution in [3.63, 3.8) is 0 Å². The third kappa shape index (κ3) is 11.1. The third-order valence-corrected chi connectivity index (χ3v) is 6.39. The van der Waals surface area contributed by atoms with Crippen LogP contribution >= 0.6 is 0 Å². The molecule has 0 aliphatic heterocycles. The highest BCUT2D eigenvalue weighted by Crippen LogP contribution is 2.29. The molecule has 0 spiro atoms. The van der Waals surface area contributed by atoms with Crippen LogP contribution in [0.15, 0.2) is 18.2 Å². The first kappa shape index (κ1) is 23.3. The number of benzene rings is 1. The van der Waals surface area contributed by atoms with Crippen LogP contribution < -0.4 is 4.74 Å². The molecule has 0 unspecified atom stereocenters. The van der Waals surface area contributed by atoms with Gasteiger partial charge in [0.1, 0.15) is 5.75 Å². The second kappa shape index (κ2) is 15.9. The molecule has 0 heterocycles. The van der Waals surface area contributed by atoms with Crippen molar-refractivity contribution in [2.24, 2.45) is 5.92 Å². The minimum atomic E-state index is 0.858. The predicted octanol–water partition coefficient (Wildman–Crippen LogP) is 8.69. The number of hydrogen-bond donors (Lipinski definition) is 0. The van der Waals surface area contributed by atoms with Crippen LogP contribution in [0, 0.1) is 12.0 Å². The van der Waals surface area contributed by atoms with Crippen LogP contribution in [0.5, 0.6) is 5.75 Å². The lowest BCUT2D eigenvalue weighted by Crippen LogP contribution is -1.98. The first-order valence-corrected chi connectivity index (χ1v) is 12.5. The molecule has 1 radical (unpaired) electrons. The van der Waals surface area contributed by atoms with E-state index in [9.17, 15) is 0 Å². The standard InChI is InChI=1S/C27H45O/c1-2-3-4-5-6-8-12-20-26-21-16-22-27(24-26)28-23-15-10-7-9-11-17-25-18-13-14-19-25/h21-22,24-25H,2-15,17-20,23H2,1H3. The van der Waals surface area contributed by atoms with E-state index >= 15 is 0 Å². The first-order chi connectivity index (χ1) is 13.9. The van der Waals surface area contributed by atoms with Gasteiger partial charge in [-0.1, -0.05) is 109 Å². The highest BCUT2D eigenvalue weighted by Gasteiger charge is 2.13. The van der Waals surface area contributed by atoms with Gasteiger partial charge in [-0.05, 0) is 48.9 Å². The van der Waals surface area contributed by atoms with Crippen LogP contribution in [0.3, 0.4) is 0 Å². The SMILES string of the molecule is CCCCCCCCCc1c[c]cc(OCCCCCCCC2CCCC2)c1. The maximum Gasteiger partial charge on any atom is 0.120 e.